The monoisotopic (exact) mass is 352 g/mol. The van der Waals surface area contributed by atoms with Gasteiger partial charge in [0.15, 0.2) is 0 Å². The molecule has 0 saturated carbocycles. The molecule has 1 N–H and O–H groups in total. The minimum absolute atomic E-state index is 0.0943. The lowest BCUT2D eigenvalue weighted by Gasteiger charge is -2.49. The summed E-state index contributed by atoms with van der Waals surface area (Å²) < 4.78 is 5.15. The van der Waals surface area contributed by atoms with E-state index >= 15 is 0 Å². The number of nitrogens with zero attached hydrogens (tertiary/aromatic N) is 2. The number of hydrogen-bond acceptors (Lipinski definition) is 5. The van der Waals surface area contributed by atoms with E-state index in [0.717, 1.165) is 51.2 Å². The van der Waals surface area contributed by atoms with Crippen LogP contribution >= 0.6 is 11.8 Å². The van der Waals surface area contributed by atoms with Crippen LogP contribution in [0.5, 0.6) is 0 Å². The van der Waals surface area contributed by atoms with Crippen molar-refractivity contribution in [2.24, 2.45) is 5.41 Å². The van der Waals surface area contributed by atoms with Crippen LogP contribution in [0.3, 0.4) is 0 Å². The fraction of sp³-hybridized carbons (Fsp3) is 0.722. The third-order valence-electron chi connectivity index (χ3n) is 5.31. The van der Waals surface area contributed by atoms with Crippen molar-refractivity contribution < 1.29 is 14.3 Å². The Bertz CT molecular complexity index is 526. The van der Waals surface area contributed by atoms with Gasteiger partial charge >= 0.3 is 0 Å². The number of amides is 1. The third-order valence-corrected chi connectivity index (χ3v) is 6.17. The first-order valence-electron chi connectivity index (χ1n) is 8.87. The summed E-state index contributed by atoms with van der Waals surface area (Å²) in [5.41, 5.74) is 1.31. The van der Waals surface area contributed by atoms with Crippen molar-refractivity contribution >= 4 is 17.7 Å². The molecule has 1 atom stereocenters. The third kappa shape index (κ3) is 4.35. The van der Waals surface area contributed by atoms with Crippen LogP contribution < -0.4 is 0 Å². The zero-order valence-electron chi connectivity index (χ0n) is 14.4. The molecule has 2 aliphatic heterocycles. The summed E-state index contributed by atoms with van der Waals surface area (Å²) in [6.45, 7) is 6.34. The molecule has 2 aliphatic rings. The van der Waals surface area contributed by atoms with Crippen LogP contribution in [-0.4, -0.2) is 64.6 Å². The predicted octanol–water partition coefficient (Wildman–Crippen LogP) is 2.21. The van der Waals surface area contributed by atoms with Gasteiger partial charge in [-0.15, -0.1) is 0 Å². The lowest BCUT2D eigenvalue weighted by Crippen LogP contribution is -2.55. The SMILES string of the molecule is CCSCC(=O)N1CC(O)CC2(CCN(Cc3ccoc3)CC2)C1. The number of aliphatic hydroxyl groups is 1. The van der Waals surface area contributed by atoms with Crippen molar-refractivity contribution in [1.82, 2.24) is 9.80 Å². The lowest BCUT2D eigenvalue weighted by atomic mass is 9.71. The summed E-state index contributed by atoms with van der Waals surface area (Å²) in [4.78, 5) is 16.7. The first kappa shape index (κ1) is 17.8. The molecule has 1 aromatic rings. The highest BCUT2D eigenvalue weighted by Crippen LogP contribution is 2.40. The summed E-state index contributed by atoms with van der Waals surface area (Å²) in [5.74, 6) is 1.67. The minimum Gasteiger partial charge on any atom is -0.472 e. The largest absolute Gasteiger partial charge is 0.472 e. The molecule has 24 heavy (non-hydrogen) atoms. The molecule has 1 spiro atoms. The molecular weight excluding hydrogens is 324 g/mol. The molecule has 0 bridgehead atoms. The molecule has 0 aliphatic carbocycles. The maximum atomic E-state index is 12.4. The zero-order chi connectivity index (χ0) is 17.0. The molecular formula is C18H28N2O3S. The average molecular weight is 353 g/mol. The van der Waals surface area contributed by atoms with Gasteiger partial charge in [0, 0.05) is 25.2 Å². The Morgan fingerprint density at radius 2 is 2.25 bits per heavy atom. The van der Waals surface area contributed by atoms with Gasteiger partial charge in [-0.05, 0) is 49.6 Å². The van der Waals surface area contributed by atoms with E-state index in [0.29, 0.717) is 12.3 Å². The van der Waals surface area contributed by atoms with Crippen molar-refractivity contribution in [3.8, 4) is 0 Å². The Balaban J connectivity index is 1.56. The number of piperidine rings is 2. The Hall–Kier alpha value is -0.980. The number of likely N-dealkylation sites (tertiary alicyclic amines) is 2. The first-order valence-corrected chi connectivity index (χ1v) is 10.0. The van der Waals surface area contributed by atoms with E-state index in [2.05, 4.69) is 11.8 Å². The maximum absolute atomic E-state index is 12.4. The molecule has 0 aromatic carbocycles. The first-order chi connectivity index (χ1) is 11.6. The molecule has 6 heteroatoms. The fourth-order valence-corrected chi connectivity index (χ4v) is 4.57. The zero-order valence-corrected chi connectivity index (χ0v) is 15.3. The van der Waals surface area contributed by atoms with Crippen LogP contribution in [0.2, 0.25) is 0 Å². The van der Waals surface area contributed by atoms with Gasteiger partial charge in [0.2, 0.25) is 5.91 Å². The molecule has 2 fully saturated rings. The Morgan fingerprint density at radius 1 is 1.46 bits per heavy atom. The molecule has 2 saturated heterocycles. The number of thioether (sulfide) groups is 1. The number of aliphatic hydroxyl groups excluding tert-OH is 1. The summed E-state index contributed by atoms with van der Waals surface area (Å²) in [7, 11) is 0. The normalized spacial score (nSPS) is 24.4. The highest BCUT2D eigenvalue weighted by molar-refractivity contribution is 7.99. The molecule has 134 valence electrons. The van der Waals surface area contributed by atoms with Gasteiger partial charge < -0.3 is 14.4 Å². The van der Waals surface area contributed by atoms with Gasteiger partial charge in [-0.3, -0.25) is 9.69 Å². The number of furan rings is 1. The second-order valence-corrected chi connectivity index (χ2v) is 8.45. The lowest BCUT2D eigenvalue weighted by molar-refractivity contribution is -0.137. The summed E-state index contributed by atoms with van der Waals surface area (Å²) in [6, 6.07) is 2.01. The van der Waals surface area contributed by atoms with E-state index < -0.39 is 0 Å². The Labute approximate surface area is 148 Å². The highest BCUT2D eigenvalue weighted by Gasteiger charge is 2.42. The maximum Gasteiger partial charge on any atom is 0.232 e. The van der Waals surface area contributed by atoms with E-state index in [4.69, 9.17) is 4.42 Å². The molecule has 0 radical (unpaired) electrons. The standard InChI is InChI=1S/C18H28N2O3S/c1-2-24-13-17(22)20-11-16(21)9-18(14-20)4-6-19(7-5-18)10-15-3-8-23-12-15/h3,8,12,16,21H,2,4-7,9-11,13-14H2,1H3. The van der Waals surface area contributed by atoms with Crippen LogP contribution in [0.25, 0.3) is 0 Å². The topological polar surface area (TPSA) is 56.9 Å². The van der Waals surface area contributed by atoms with Gasteiger partial charge in [-0.1, -0.05) is 6.92 Å². The van der Waals surface area contributed by atoms with E-state index in [1.807, 2.05) is 11.0 Å². The number of carbonyl (C=O) groups excluding carboxylic acids is 1. The summed E-state index contributed by atoms with van der Waals surface area (Å²) in [5, 5.41) is 10.3. The van der Waals surface area contributed by atoms with Gasteiger partial charge in [0.1, 0.15) is 0 Å². The predicted molar refractivity (Wildman–Crippen MR) is 95.9 cm³/mol. The molecule has 1 amide bonds. The fourth-order valence-electron chi connectivity index (χ4n) is 4.01. The van der Waals surface area contributed by atoms with Gasteiger partial charge in [-0.25, -0.2) is 0 Å². The second-order valence-electron chi connectivity index (χ2n) is 7.18. The van der Waals surface area contributed by atoms with Crippen LogP contribution in [-0.2, 0) is 11.3 Å². The van der Waals surface area contributed by atoms with Crippen molar-refractivity contribution in [3.63, 3.8) is 0 Å². The average Bonchev–Trinajstić information content (AvgIpc) is 3.07. The number of β-amino-alcohol motifs (C(OH)–C–C–N with tert-alkyl or cyclic N) is 1. The number of hydrogen-bond donors (Lipinski definition) is 1. The minimum atomic E-state index is -0.380. The van der Waals surface area contributed by atoms with Gasteiger partial charge in [0.05, 0.1) is 24.4 Å². The quantitative estimate of drug-likeness (QED) is 0.880. The van der Waals surface area contributed by atoms with Crippen molar-refractivity contribution in [1.29, 1.82) is 0 Å². The van der Waals surface area contributed by atoms with Crippen molar-refractivity contribution in [2.45, 2.75) is 38.8 Å². The van der Waals surface area contributed by atoms with Crippen LogP contribution in [0.4, 0.5) is 0 Å². The molecule has 3 rings (SSSR count). The summed E-state index contributed by atoms with van der Waals surface area (Å²) >= 11 is 1.66. The Kier molecular flexibility index (Phi) is 5.89. The van der Waals surface area contributed by atoms with E-state index in [1.54, 1.807) is 24.3 Å². The molecule has 3 heterocycles. The van der Waals surface area contributed by atoms with Crippen molar-refractivity contribution in [3.05, 3.63) is 24.2 Å². The van der Waals surface area contributed by atoms with Gasteiger partial charge in [0.25, 0.3) is 0 Å². The number of rotatable bonds is 5. The van der Waals surface area contributed by atoms with Crippen molar-refractivity contribution in [2.75, 3.05) is 37.7 Å². The van der Waals surface area contributed by atoms with Gasteiger partial charge in [-0.2, -0.15) is 11.8 Å². The summed E-state index contributed by atoms with van der Waals surface area (Å²) in [6.07, 6.45) is 6.07. The van der Waals surface area contributed by atoms with E-state index in [1.165, 1.54) is 5.56 Å². The van der Waals surface area contributed by atoms with Crippen LogP contribution in [0.15, 0.2) is 23.0 Å². The van der Waals surface area contributed by atoms with E-state index in [9.17, 15) is 9.90 Å². The highest BCUT2D eigenvalue weighted by atomic mass is 32.2. The smallest absolute Gasteiger partial charge is 0.232 e. The van der Waals surface area contributed by atoms with E-state index in [-0.39, 0.29) is 17.4 Å². The molecule has 1 aromatic heterocycles. The Morgan fingerprint density at radius 3 is 2.92 bits per heavy atom. The second kappa shape index (κ2) is 7.93. The molecule has 1 unspecified atom stereocenters. The van der Waals surface area contributed by atoms with Crippen LogP contribution in [0, 0.1) is 5.41 Å². The van der Waals surface area contributed by atoms with Crippen LogP contribution in [0.1, 0.15) is 31.7 Å². The molecule has 5 nitrogen and oxygen atoms in total. The number of carbonyl (C=O) groups is 1.